The van der Waals surface area contributed by atoms with E-state index in [-0.39, 0.29) is 11.1 Å². The molecule has 1 aromatic carbocycles. The second kappa shape index (κ2) is 6.29. The lowest BCUT2D eigenvalue weighted by atomic mass is 10.1. The van der Waals surface area contributed by atoms with Crippen molar-refractivity contribution in [1.29, 1.82) is 0 Å². The van der Waals surface area contributed by atoms with Crippen molar-refractivity contribution in [1.82, 2.24) is 24.8 Å². The van der Waals surface area contributed by atoms with Crippen molar-refractivity contribution in [2.75, 3.05) is 5.32 Å². The average molecular weight is 351 g/mol. The van der Waals surface area contributed by atoms with Gasteiger partial charge in [0.15, 0.2) is 5.65 Å². The van der Waals surface area contributed by atoms with Crippen LogP contribution in [0.25, 0.3) is 16.9 Å². The summed E-state index contributed by atoms with van der Waals surface area (Å²) in [6.45, 7) is 0. The molecule has 4 rings (SSSR count). The first-order valence-corrected chi connectivity index (χ1v) is 7.78. The Bertz CT molecular complexity index is 1060. The maximum absolute atomic E-state index is 12.2. The number of aromatic nitrogens is 5. The highest BCUT2D eigenvalue weighted by Crippen LogP contribution is 2.21. The maximum Gasteiger partial charge on any atom is 0.258 e. The quantitative estimate of drug-likeness (QED) is 0.574. The van der Waals surface area contributed by atoms with E-state index in [1.54, 1.807) is 35.1 Å². The molecule has 0 aliphatic heterocycles. The van der Waals surface area contributed by atoms with Crippen LogP contribution in [0.3, 0.4) is 0 Å². The van der Waals surface area contributed by atoms with Crippen LogP contribution in [0.2, 0.25) is 5.15 Å². The standard InChI is InChI=1S/C17H11ClN6O/c18-16-13(2-1-9-19-16)17(25)21-12-5-3-11(4-6-12)14-7-8-15-22-20-10-24(15)23-14/h1-10H,(H,21,25). The molecular weight excluding hydrogens is 340 g/mol. The zero-order chi connectivity index (χ0) is 17.2. The van der Waals surface area contributed by atoms with Gasteiger partial charge in [0.25, 0.3) is 5.91 Å². The zero-order valence-corrected chi connectivity index (χ0v) is 13.6. The minimum absolute atomic E-state index is 0.170. The van der Waals surface area contributed by atoms with Gasteiger partial charge in [-0.25, -0.2) is 4.98 Å². The number of hydrogen-bond donors (Lipinski definition) is 1. The third-order valence-corrected chi connectivity index (χ3v) is 3.91. The Labute approximate surface area is 147 Å². The van der Waals surface area contributed by atoms with Crippen molar-refractivity contribution in [3.05, 3.63) is 71.8 Å². The molecule has 0 atom stereocenters. The van der Waals surface area contributed by atoms with E-state index in [0.717, 1.165) is 11.3 Å². The molecule has 1 amide bonds. The molecule has 0 aliphatic carbocycles. The van der Waals surface area contributed by atoms with Crippen LogP contribution in [-0.2, 0) is 0 Å². The van der Waals surface area contributed by atoms with Gasteiger partial charge in [0.2, 0.25) is 0 Å². The predicted octanol–water partition coefficient (Wildman–Crippen LogP) is 3.09. The van der Waals surface area contributed by atoms with E-state index >= 15 is 0 Å². The number of rotatable bonds is 3. The highest BCUT2D eigenvalue weighted by Gasteiger charge is 2.11. The minimum atomic E-state index is -0.310. The normalized spacial score (nSPS) is 10.8. The van der Waals surface area contributed by atoms with Crippen LogP contribution in [0.5, 0.6) is 0 Å². The molecule has 0 bridgehead atoms. The van der Waals surface area contributed by atoms with Gasteiger partial charge >= 0.3 is 0 Å². The van der Waals surface area contributed by atoms with Crippen LogP contribution in [0.4, 0.5) is 5.69 Å². The molecule has 3 heterocycles. The Morgan fingerprint density at radius 3 is 2.72 bits per heavy atom. The molecule has 0 radical (unpaired) electrons. The van der Waals surface area contributed by atoms with Gasteiger partial charge in [-0.05, 0) is 36.4 Å². The fraction of sp³-hybridized carbons (Fsp3) is 0. The first-order valence-electron chi connectivity index (χ1n) is 7.40. The second-order valence-corrected chi connectivity index (χ2v) is 5.58. The molecular formula is C17H11ClN6O. The van der Waals surface area contributed by atoms with E-state index in [9.17, 15) is 4.79 Å². The van der Waals surface area contributed by atoms with Crippen LogP contribution in [0, 0.1) is 0 Å². The number of carbonyl (C=O) groups is 1. The monoisotopic (exact) mass is 350 g/mol. The molecule has 8 heteroatoms. The van der Waals surface area contributed by atoms with Crippen LogP contribution in [0.1, 0.15) is 10.4 Å². The molecule has 0 unspecified atom stereocenters. The average Bonchev–Trinajstić information content (AvgIpc) is 3.10. The molecule has 3 aromatic heterocycles. The lowest BCUT2D eigenvalue weighted by molar-refractivity contribution is 0.102. The molecule has 1 N–H and O–H groups in total. The summed E-state index contributed by atoms with van der Waals surface area (Å²) >= 11 is 5.94. The van der Waals surface area contributed by atoms with Gasteiger partial charge in [0, 0.05) is 17.4 Å². The Kier molecular flexibility index (Phi) is 3.83. The number of halogens is 1. The van der Waals surface area contributed by atoms with E-state index < -0.39 is 0 Å². The van der Waals surface area contributed by atoms with Gasteiger partial charge in [0.05, 0.1) is 11.3 Å². The third-order valence-electron chi connectivity index (χ3n) is 3.60. The molecule has 0 aliphatic rings. The summed E-state index contributed by atoms with van der Waals surface area (Å²) in [7, 11) is 0. The van der Waals surface area contributed by atoms with Gasteiger partial charge in [0.1, 0.15) is 11.5 Å². The smallest absolute Gasteiger partial charge is 0.258 e. The summed E-state index contributed by atoms with van der Waals surface area (Å²) < 4.78 is 1.61. The van der Waals surface area contributed by atoms with Crippen molar-refractivity contribution < 1.29 is 4.79 Å². The second-order valence-electron chi connectivity index (χ2n) is 5.23. The summed E-state index contributed by atoms with van der Waals surface area (Å²) in [4.78, 5) is 16.1. The Morgan fingerprint density at radius 2 is 1.92 bits per heavy atom. The summed E-state index contributed by atoms with van der Waals surface area (Å²) in [5, 5.41) is 15.1. The predicted molar refractivity (Wildman–Crippen MR) is 93.4 cm³/mol. The number of pyridine rings is 1. The van der Waals surface area contributed by atoms with Gasteiger partial charge in [-0.15, -0.1) is 10.2 Å². The van der Waals surface area contributed by atoms with Crippen molar-refractivity contribution in [3.63, 3.8) is 0 Å². The topological polar surface area (TPSA) is 85.1 Å². The van der Waals surface area contributed by atoms with E-state index in [1.165, 1.54) is 6.20 Å². The Balaban J connectivity index is 1.55. The van der Waals surface area contributed by atoms with Crippen LogP contribution < -0.4 is 5.32 Å². The number of hydrogen-bond acceptors (Lipinski definition) is 5. The largest absolute Gasteiger partial charge is 0.322 e. The highest BCUT2D eigenvalue weighted by molar-refractivity contribution is 6.33. The van der Waals surface area contributed by atoms with E-state index in [4.69, 9.17) is 11.6 Å². The van der Waals surface area contributed by atoms with E-state index in [1.807, 2.05) is 24.3 Å². The Hall–Kier alpha value is -3.32. The first-order chi connectivity index (χ1) is 12.2. The summed E-state index contributed by atoms with van der Waals surface area (Å²) in [6.07, 6.45) is 3.08. The Morgan fingerprint density at radius 1 is 1.08 bits per heavy atom. The van der Waals surface area contributed by atoms with E-state index in [2.05, 4.69) is 25.6 Å². The summed E-state index contributed by atoms with van der Waals surface area (Å²) in [5.74, 6) is -0.310. The molecule has 25 heavy (non-hydrogen) atoms. The molecule has 0 saturated carbocycles. The van der Waals surface area contributed by atoms with Gasteiger partial charge in [-0.1, -0.05) is 23.7 Å². The van der Waals surface area contributed by atoms with Crippen LogP contribution >= 0.6 is 11.6 Å². The number of amides is 1. The van der Waals surface area contributed by atoms with E-state index in [0.29, 0.717) is 16.9 Å². The van der Waals surface area contributed by atoms with Crippen LogP contribution in [0.15, 0.2) is 61.1 Å². The highest BCUT2D eigenvalue weighted by atomic mass is 35.5. The fourth-order valence-electron chi connectivity index (χ4n) is 2.36. The molecule has 7 nitrogen and oxygen atoms in total. The van der Waals surface area contributed by atoms with Gasteiger partial charge in [-0.2, -0.15) is 9.61 Å². The van der Waals surface area contributed by atoms with Crippen molar-refractivity contribution in [2.24, 2.45) is 0 Å². The first kappa shape index (κ1) is 15.2. The number of nitrogens with one attached hydrogen (secondary N) is 1. The SMILES string of the molecule is O=C(Nc1ccc(-c2ccc3nncn3n2)cc1)c1cccnc1Cl. The van der Waals surface area contributed by atoms with Gasteiger partial charge in [-0.3, -0.25) is 4.79 Å². The minimum Gasteiger partial charge on any atom is -0.322 e. The van der Waals surface area contributed by atoms with Crippen molar-refractivity contribution in [2.45, 2.75) is 0 Å². The fourth-order valence-corrected chi connectivity index (χ4v) is 2.57. The number of nitrogens with zero attached hydrogens (tertiary/aromatic N) is 5. The molecule has 0 fully saturated rings. The number of anilines is 1. The van der Waals surface area contributed by atoms with Crippen LogP contribution in [-0.4, -0.2) is 30.7 Å². The lowest BCUT2D eigenvalue weighted by Gasteiger charge is -2.07. The molecule has 0 spiro atoms. The van der Waals surface area contributed by atoms with Gasteiger partial charge < -0.3 is 5.32 Å². The molecule has 4 aromatic rings. The summed E-state index contributed by atoms with van der Waals surface area (Å²) in [5.41, 5.74) is 3.35. The number of carbonyl (C=O) groups excluding carboxylic acids is 1. The summed E-state index contributed by atoms with van der Waals surface area (Å²) in [6, 6.07) is 14.3. The van der Waals surface area contributed by atoms with Crippen molar-refractivity contribution in [3.8, 4) is 11.3 Å². The maximum atomic E-state index is 12.2. The molecule has 0 saturated heterocycles. The lowest BCUT2D eigenvalue weighted by Crippen LogP contribution is -2.12. The molecule has 122 valence electrons. The van der Waals surface area contributed by atoms with Crippen molar-refractivity contribution >= 4 is 28.8 Å². The number of fused-ring (bicyclic) bond motifs is 1. The third kappa shape index (κ3) is 3.05. The number of benzene rings is 1. The zero-order valence-electron chi connectivity index (χ0n) is 12.8.